The Bertz CT molecular complexity index is 919. The Morgan fingerprint density at radius 3 is 2.58 bits per heavy atom. The second kappa shape index (κ2) is 6.22. The lowest BCUT2D eigenvalue weighted by Crippen LogP contribution is -2.16. The molecule has 0 saturated heterocycles. The molecule has 124 valence electrons. The van der Waals surface area contributed by atoms with Gasteiger partial charge in [-0.3, -0.25) is 5.10 Å². The van der Waals surface area contributed by atoms with E-state index in [1.54, 1.807) is 19.1 Å². The number of esters is 1. The number of benzene rings is 1. The highest BCUT2D eigenvalue weighted by Gasteiger charge is 2.28. The molecule has 0 saturated carbocycles. The molecular formula is C17H16ClN3O3. The zero-order valence-electron chi connectivity index (χ0n) is 13.4. The fourth-order valence-corrected chi connectivity index (χ4v) is 2.94. The first-order valence-corrected chi connectivity index (χ1v) is 7.68. The van der Waals surface area contributed by atoms with Gasteiger partial charge < -0.3 is 9.84 Å². The number of hydrogen-bond donors (Lipinski definition) is 2. The smallest absolute Gasteiger partial charge is 0.339 e. The van der Waals surface area contributed by atoms with Crippen molar-refractivity contribution in [3.05, 3.63) is 46.2 Å². The van der Waals surface area contributed by atoms with E-state index in [0.717, 1.165) is 16.6 Å². The van der Waals surface area contributed by atoms with Crippen molar-refractivity contribution in [2.45, 2.75) is 20.0 Å². The number of carbonyl (C=O) groups excluding carboxylic acids is 1. The van der Waals surface area contributed by atoms with Gasteiger partial charge in [0.2, 0.25) is 0 Å². The third kappa shape index (κ3) is 2.64. The van der Waals surface area contributed by atoms with Crippen LogP contribution in [0.3, 0.4) is 0 Å². The molecule has 3 aromatic rings. The molecule has 0 spiro atoms. The van der Waals surface area contributed by atoms with E-state index in [-0.39, 0.29) is 0 Å². The third-order valence-electron chi connectivity index (χ3n) is 3.94. The first-order chi connectivity index (χ1) is 11.4. The molecule has 0 amide bonds. The first-order valence-electron chi connectivity index (χ1n) is 7.31. The van der Waals surface area contributed by atoms with Crippen molar-refractivity contribution in [3.63, 3.8) is 0 Å². The number of aromatic amines is 1. The van der Waals surface area contributed by atoms with Crippen LogP contribution in [-0.4, -0.2) is 33.4 Å². The van der Waals surface area contributed by atoms with Crippen LogP contribution in [0, 0.1) is 13.8 Å². The average molecular weight is 346 g/mol. The number of aliphatic hydroxyl groups is 1. The van der Waals surface area contributed by atoms with Gasteiger partial charge in [0.1, 0.15) is 0 Å². The molecule has 3 rings (SSSR count). The van der Waals surface area contributed by atoms with Gasteiger partial charge in [-0.25, -0.2) is 9.78 Å². The summed E-state index contributed by atoms with van der Waals surface area (Å²) in [6, 6.07) is 7.16. The number of fused-ring (bicyclic) bond motifs is 1. The fourth-order valence-electron chi connectivity index (χ4n) is 2.81. The lowest BCUT2D eigenvalue weighted by molar-refractivity contribution is -0.150. The number of halogens is 1. The number of nitrogens with one attached hydrogen (secondary N) is 1. The van der Waals surface area contributed by atoms with E-state index < -0.39 is 12.1 Å². The normalized spacial score (nSPS) is 12.4. The Balaban J connectivity index is 2.39. The molecule has 0 radical (unpaired) electrons. The Kier molecular flexibility index (Phi) is 4.26. The summed E-state index contributed by atoms with van der Waals surface area (Å²) in [7, 11) is 1.23. The van der Waals surface area contributed by atoms with Gasteiger partial charge >= 0.3 is 5.97 Å². The number of ether oxygens (including phenoxy) is 1. The van der Waals surface area contributed by atoms with Crippen molar-refractivity contribution in [2.24, 2.45) is 0 Å². The van der Waals surface area contributed by atoms with Gasteiger partial charge in [0.05, 0.1) is 7.11 Å². The number of H-pyrrole nitrogens is 1. The third-order valence-corrected chi connectivity index (χ3v) is 4.19. The van der Waals surface area contributed by atoms with E-state index in [9.17, 15) is 9.90 Å². The first kappa shape index (κ1) is 16.4. The van der Waals surface area contributed by atoms with Crippen molar-refractivity contribution in [3.8, 4) is 11.1 Å². The summed E-state index contributed by atoms with van der Waals surface area (Å²) < 4.78 is 4.69. The van der Waals surface area contributed by atoms with E-state index in [2.05, 4.69) is 15.2 Å². The molecule has 2 aromatic heterocycles. The Labute approximate surface area is 143 Å². The van der Waals surface area contributed by atoms with Gasteiger partial charge in [-0.15, -0.1) is 0 Å². The summed E-state index contributed by atoms with van der Waals surface area (Å²) in [5.74, 6) is -0.740. The van der Waals surface area contributed by atoms with Gasteiger partial charge in [0.15, 0.2) is 11.8 Å². The summed E-state index contributed by atoms with van der Waals surface area (Å²) in [6.45, 7) is 3.59. The molecule has 0 aliphatic heterocycles. The highest BCUT2D eigenvalue weighted by Crippen LogP contribution is 2.37. The lowest BCUT2D eigenvalue weighted by Gasteiger charge is -2.17. The maximum atomic E-state index is 11.9. The molecular weight excluding hydrogens is 330 g/mol. The molecule has 7 heteroatoms. The van der Waals surface area contributed by atoms with Gasteiger partial charge in [-0.1, -0.05) is 23.7 Å². The molecule has 1 unspecified atom stereocenters. The molecule has 0 bridgehead atoms. The summed E-state index contributed by atoms with van der Waals surface area (Å²) in [6.07, 6.45) is -1.44. The predicted molar refractivity (Wildman–Crippen MR) is 90.8 cm³/mol. The monoisotopic (exact) mass is 345 g/mol. The summed E-state index contributed by atoms with van der Waals surface area (Å²) >= 11 is 5.98. The Morgan fingerprint density at radius 2 is 1.96 bits per heavy atom. The van der Waals surface area contributed by atoms with Crippen LogP contribution in [0.15, 0.2) is 24.3 Å². The maximum absolute atomic E-state index is 11.9. The van der Waals surface area contributed by atoms with E-state index in [0.29, 0.717) is 27.5 Å². The zero-order chi connectivity index (χ0) is 17.4. The molecule has 0 aliphatic rings. The van der Waals surface area contributed by atoms with Crippen LogP contribution >= 0.6 is 11.6 Å². The number of aryl methyl sites for hydroxylation is 2. The Hall–Kier alpha value is -2.44. The number of hydrogen-bond acceptors (Lipinski definition) is 5. The molecule has 1 atom stereocenters. The highest BCUT2D eigenvalue weighted by atomic mass is 35.5. The summed E-state index contributed by atoms with van der Waals surface area (Å²) in [4.78, 5) is 16.3. The quantitative estimate of drug-likeness (QED) is 0.712. The van der Waals surface area contributed by atoms with Gasteiger partial charge in [-0.05, 0) is 31.5 Å². The van der Waals surface area contributed by atoms with Crippen LogP contribution < -0.4 is 0 Å². The van der Waals surface area contributed by atoms with Crippen LogP contribution in [0.5, 0.6) is 0 Å². The topological polar surface area (TPSA) is 88.1 Å². The van der Waals surface area contributed by atoms with E-state index in [4.69, 9.17) is 16.3 Å². The van der Waals surface area contributed by atoms with E-state index >= 15 is 0 Å². The van der Waals surface area contributed by atoms with Crippen molar-refractivity contribution < 1.29 is 14.6 Å². The number of rotatable bonds is 3. The molecule has 0 aliphatic carbocycles. The van der Waals surface area contributed by atoms with Crippen molar-refractivity contribution >= 4 is 28.6 Å². The van der Waals surface area contributed by atoms with E-state index in [1.807, 2.05) is 19.1 Å². The van der Waals surface area contributed by atoms with Crippen molar-refractivity contribution in [1.29, 1.82) is 0 Å². The van der Waals surface area contributed by atoms with Crippen LogP contribution in [-0.2, 0) is 9.53 Å². The van der Waals surface area contributed by atoms with Crippen LogP contribution in [0.25, 0.3) is 22.2 Å². The van der Waals surface area contributed by atoms with Crippen molar-refractivity contribution in [2.75, 3.05) is 7.11 Å². The largest absolute Gasteiger partial charge is 0.467 e. The minimum Gasteiger partial charge on any atom is -0.467 e. The van der Waals surface area contributed by atoms with Crippen LogP contribution in [0.1, 0.15) is 23.1 Å². The van der Waals surface area contributed by atoms with Crippen LogP contribution in [0.4, 0.5) is 0 Å². The van der Waals surface area contributed by atoms with E-state index in [1.165, 1.54) is 7.11 Å². The highest BCUT2D eigenvalue weighted by molar-refractivity contribution is 6.30. The second-order valence-corrected chi connectivity index (χ2v) is 5.90. The van der Waals surface area contributed by atoms with Gasteiger partial charge in [0, 0.05) is 32.9 Å². The van der Waals surface area contributed by atoms with Gasteiger partial charge in [-0.2, -0.15) is 5.10 Å². The second-order valence-electron chi connectivity index (χ2n) is 5.47. The van der Waals surface area contributed by atoms with Gasteiger partial charge in [0.25, 0.3) is 0 Å². The van der Waals surface area contributed by atoms with Crippen LogP contribution in [0.2, 0.25) is 5.02 Å². The Morgan fingerprint density at radius 1 is 1.29 bits per heavy atom. The fraction of sp³-hybridized carbons (Fsp3) is 0.235. The minimum atomic E-state index is -1.44. The number of methoxy groups -OCH3 is 1. The molecule has 2 heterocycles. The average Bonchev–Trinajstić information content (AvgIpc) is 2.93. The summed E-state index contributed by atoms with van der Waals surface area (Å²) in [5, 5.41) is 18.9. The zero-order valence-corrected chi connectivity index (χ0v) is 14.2. The predicted octanol–water partition coefficient (Wildman–Crippen LogP) is 3.10. The molecule has 6 nitrogen and oxygen atoms in total. The molecule has 1 aromatic carbocycles. The minimum absolute atomic E-state index is 0.404. The summed E-state index contributed by atoms with van der Waals surface area (Å²) in [5.41, 5.74) is 3.73. The molecule has 2 N–H and O–H groups in total. The number of pyridine rings is 1. The number of carbonyl (C=O) groups is 1. The van der Waals surface area contributed by atoms with Crippen molar-refractivity contribution in [1.82, 2.24) is 15.2 Å². The number of aromatic nitrogens is 3. The maximum Gasteiger partial charge on any atom is 0.339 e. The SMILES string of the molecule is COC(=O)C(O)c1c(C)nc2n[nH]c(C)c2c1-c1ccc(Cl)cc1. The number of nitrogens with zero attached hydrogens (tertiary/aromatic N) is 2. The molecule has 0 fully saturated rings. The number of aliphatic hydroxyl groups excluding tert-OH is 1. The molecule has 24 heavy (non-hydrogen) atoms. The standard InChI is InChI=1S/C17H16ClN3O3/c1-8-12(15(22)17(23)24-3)14(10-4-6-11(18)7-5-10)13-9(2)20-21-16(13)19-8/h4-7,15,22H,1-3H3,(H,19,20,21). The lowest BCUT2D eigenvalue weighted by atomic mass is 9.92.